The van der Waals surface area contributed by atoms with E-state index >= 15 is 0 Å². The average Bonchev–Trinajstić information content (AvgIpc) is 2.65. The van der Waals surface area contributed by atoms with E-state index in [0.29, 0.717) is 13.1 Å². The molecule has 0 saturated heterocycles. The third-order valence-corrected chi connectivity index (χ3v) is 4.11. The van der Waals surface area contributed by atoms with Crippen molar-refractivity contribution in [3.05, 3.63) is 65.7 Å². The zero-order valence-electron chi connectivity index (χ0n) is 14.4. The van der Waals surface area contributed by atoms with E-state index in [0.717, 1.165) is 17.7 Å². The van der Waals surface area contributed by atoms with Gasteiger partial charge in [0.15, 0.2) is 0 Å². The lowest BCUT2D eigenvalue weighted by Crippen LogP contribution is -2.35. The van der Waals surface area contributed by atoms with E-state index in [1.165, 1.54) is 5.56 Å². The first-order chi connectivity index (χ1) is 12.3. The van der Waals surface area contributed by atoms with Gasteiger partial charge in [0.05, 0.1) is 19.8 Å². The molecule has 2 rings (SSSR count). The molecule has 2 aromatic rings. The van der Waals surface area contributed by atoms with Crippen molar-refractivity contribution in [1.29, 1.82) is 0 Å². The largest absolute Gasteiger partial charge is 0.491 e. The number of aliphatic hydroxyl groups excluding tert-OH is 3. The summed E-state index contributed by atoms with van der Waals surface area (Å²) in [6, 6.07) is 17.8. The maximum Gasteiger partial charge on any atom is 0.124 e. The minimum Gasteiger partial charge on any atom is -0.491 e. The number of aliphatic hydroxyl groups is 3. The van der Waals surface area contributed by atoms with Crippen LogP contribution in [0.2, 0.25) is 0 Å². The van der Waals surface area contributed by atoms with Crippen LogP contribution in [-0.2, 0) is 6.42 Å². The molecule has 0 amide bonds. The topological polar surface area (TPSA) is 73.2 Å². The molecular weight excluding hydrogens is 318 g/mol. The fourth-order valence-electron chi connectivity index (χ4n) is 3.00. The van der Waals surface area contributed by atoms with Crippen molar-refractivity contribution in [2.75, 3.05) is 39.5 Å². The minimum absolute atomic E-state index is 0.0188. The number of nitrogens with zero attached hydrogens (tertiary/aromatic N) is 1. The maximum absolute atomic E-state index is 9.45. The molecule has 0 bridgehead atoms. The van der Waals surface area contributed by atoms with Crippen LogP contribution in [0.5, 0.6) is 5.75 Å². The Balaban J connectivity index is 2.36. The molecule has 2 aromatic carbocycles. The molecule has 0 aromatic heterocycles. The smallest absolute Gasteiger partial charge is 0.124 e. The summed E-state index contributed by atoms with van der Waals surface area (Å²) in [4.78, 5) is 2.06. The molecule has 0 aliphatic heterocycles. The lowest BCUT2D eigenvalue weighted by molar-refractivity contribution is 0.118. The molecule has 25 heavy (non-hydrogen) atoms. The van der Waals surface area contributed by atoms with Crippen LogP contribution in [0.3, 0.4) is 0 Å². The molecule has 136 valence electrons. The number of rotatable bonds is 11. The molecule has 1 atom stereocenters. The van der Waals surface area contributed by atoms with Gasteiger partial charge in [-0.05, 0) is 18.1 Å². The predicted octanol–water partition coefficient (Wildman–Crippen LogP) is 1.63. The third-order valence-electron chi connectivity index (χ3n) is 4.11. The predicted molar refractivity (Wildman–Crippen MR) is 97.7 cm³/mol. The second kappa shape index (κ2) is 10.8. The zero-order chi connectivity index (χ0) is 17.9. The van der Waals surface area contributed by atoms with Crippen molar-refractivity contribution < 1.29 is 20.1 Å². The van der Waals surface area contributed by atoms with Crippen LogP contribution in [-0.4, -0.2) is 59.7 Å². The Labute approximate surface area is 149 Å². The number of benzene rings is 2. The Morgan fingerprint density at radius 1 is 0.800 bits per heavy atom. The highest BCUT2D eigenvalue weighted by molar-refractivity contribution is 5.37. The van der Waals surface area contributed by atoms with Gasteiger partial charge < -0.3 is 20.1 Å². The Bertz CT molecular complexity index is 600. The summed E-state index contributed by atoms with van der Waals surface area (Å²) in [7, 11) is 0. The van der Waals surface area contributed by atoms with Crippen LogP contribution in [0.4, 0.5) is 0 Å². The summed E-state index contributed by atoms with van der Waals surface area (Å²) in [6.45, 7) is 1.15. The van der Waals surface area contributed by atoms with Gasteiger partial charge in [-0.25, -0.2) is 0 Å². The normalized spacial score (nSPS) is 12.3. The average molecular weight is 345 g/mol. The van der Waals surface area contributed by atoms with E-state index in [2.05, 4.69) is 17.0 Å². The van der Waals surface area contributed by atoms with Crippen molar-refractivity contribution in [3.63, 3.8) is 0 Å². The van der Waals surface area contributed by atoms with Crippen LogP contribution in [0.25, 0.3) is 0 Å². The van der Waals surface area contributed by atoms with E-state index in [1.54, 1.807) is 0 Å². The SMILES string of the molecule is OCCOc1ccccc1C(Cc1ccccc1)N(CCO)CCO. The van der Waals surface area contributed by atoms with Crippen LogP contribution in [0, 0.1) is 0 Å². The molecular formula is C20H27NO4. The summed E-state index contributed by atoms with van der Waals surface area (Å²) in [5.41, 5.74) is 2.16. The van der Waals surface area contributed by atoms with Gasteiger partial charge in [0.2, 0.25) is 0 Å². The number of ether oxygens (including phenoxy) is 1. The first kappa shape index (κ1) is 19.4. The summed E-state index contributed by atoms with van der Waals surface area (Å²) in [5.74, 6) is 0.721. The molecule has 5 heteroatoms. The maximum atomic E-state index is 9.45. The third kappa shape index (κ3) is 5.83. The van der Waals surface area contributed by atoms with Crippen LogP contribution < -0.4 is 4.74 Å². The Hall–Kier alpha value is -1.92. The second-order valence-electron chi connectivity index (χ2n) is 5.80. The van der Waals surface area contributed by atoms with Crippen LogP contribution in [0.15, 0.2) is 54.6 Å². The van der Waals surface area contributed by atoms with E-state index < -0.39 is 0 Å². The molecule has 0 saturated carbocycles. The van der Waals surface area contributed by atoms with Crippen molar-refractivity contribution in [2.45, 2.75) is 12.5 Å². The Morgan fingerprint density at radius 3 is 2.08 bits per heavy atom. The molecule has 0 radical (unpaired) electrons. The van der Waals surface area contributed by atoms with Crippen LogP contribution >= 0.6 is 0 Å². The monoisotopic (exact) mass is 345 g/mol. The highest BCUT2D eigenvalue weighted by Gasteiger charge is 2.23. The van der Waals surface area contributed by atoms with Crippen molar-refractivity contribution in [3.8, 4) is 5.75 Å². The molecule has 0 spiro atoms. The van der Waals surface area contributed by atoms with Crippen molar-refractivity contribution in [2.24, 2.45) is 0 Å². The molecule has 1 unspecified atom stereocenters. The summed E-state index contributed by atoms with van der Waals surface area (Å²) < 4.78 is 5.71. The lowest BCUT2D eigenvalue weighted by Gasteiger charge is -2.32. The van der Waals surface area contributed by atoms with Gasteiger partial charge in [-0.15, -0.1) is 0 Å². The molecule has 0 heterocycles. The molecule has 3 N–H and O–H groups in total. The van der Waals surface area contributed by atoms with Crippen molar-refractivity contribution >= 4 is 0 Å². The quantitative estimate of drug-likeness (QED) is 0.577. The van der Waals surface area contributed by atoms with Gasteiger partial charge in [0.25, 0.3) is 0 Å². The van der Waals surface area contributed by atoms with Crippen molar-refractivity contribution in [1.82, 2.24) is 4.90 Å². The van der Waals surface area contributed by atoms with Gasteiger partial charge in [0.1, 0.15) is 12.4 Å². The Morgan fingerprint density at radius 2 is 1.44 bits per heavy atom. The minimum atomic E-state index is -0.0469. The lowest BCUT2D eigenvalue weighted by atomic mass is 9.96. The summed E-state index contributed by atoms with van der Waals surface area (Å²) in [6.07, 6.45) is 0.736. The zero-order valence-corrected chi connectivity index (χ0v) is 14.4. The van der Waals surface area contributed by atoms with Gasteiger partial charge in [-0.3, -0.25) is 4.90 Å². The summed E-state index contributed by atoms with van der Waals surface area (Å²) >= 11 is 0. The first-order valence-corrected chi connectivity index (χ1v) is 8.62. The molecule has 0 aliphatic rings. The van der Waals surface area contributed by atoms with E-state index in [-0.39, 0.29) is 32.5 Å². The second-order valence-corrected chi connectivity index (χ2v) is 5.80. The Kier molecular flexibility index (Phi) is 8.42. The molecule has 0 fully saturated rings. The van der Waals surface area contributed by atoms with E-state index in [1.807, 2.05) is 42.5 Å². The fourth-order valence-corrected chi connectivity index (χ4v) is 3.00. The number of para-hydroxylation sites is 1. The van der Waals surface area contributed by atoms with Gasteiger partial charge in [-0.1, -0.05) is 48.5 Å². The highest BCUT2D eigenvalue weighted by Crippen LogP contribution is 2.32. The van der Waals surface area contributed by atoms with Gasteiger partial charge in [0, 0.05) is 24.7 Å². The van der Waals surface area contributed by atoms with Gasteiger partial charge in [-0.2, -0.15) is 0 Å². The summed E-state index contributed by atoms with van der Waals surface area (Å²) in [5, 5.41) is 28.0. The highest BCUT2D eigenvalue weighted by atomic mass is 16.5. The van der Waals surface area contributed by atoms with Gasteiger partial charge >= 0.3 is 0 Å². The fraction of sp³-hybridized carbons (Fsp3) is 0.400. The molecule has 0 aliphatic carbocycles. The standard InChI is InChI=1S/C20H27NO4/c22-12-10-21(11-13-23)19(16-17-6-2-1-3-7-17)18-8-4-5-9-20(18)25-15-14-24/h1-9,19,22-24H,10-16H2. The number of hydrogen-bond acceptors (Lipinski definition) is 5. The van der Waals surface area contributed by atoms with E-state index in [9.17, 15) is 10.2 Å². The number of hydrogen-bond donors (Lipinski definition) is 3. The van der Waals surface area contributed by atoms with Crippen LogP contribution in [0.1, 0.15) is 17.2 Å². The van der Waals surface area contributed by atoms with E-state index in [4.69, 9.17) is 9.84 Å². The first-order valence-electron chi connectivity index (χ1n) is 8.62. The molecule has 5 nitrogen and oxygen atoms in total.